The van der Waals surface area contributed by atoms with E-state index in [1.54, 1.807) is 17.9 Å². The first-order valence-electron chi connectivity index (χ1n) is 6.09. The van der Waals surface area contributed by atoms with Crippen molar-refractivity contribution in [2.24, 2.45) is 5.92 Å². The summed E-state index contributed by atoms with van der Waals surface area (Å²) in [4.78, 5) is 24.2. The fraction of sp³-hybridized carbons (Fsp3) is 0.692. The van der Waals surface area contributed by atoms with Gasteiger partial charge in [-0.2, -0.15) is 0 Å². The van der Waals surface area contributed by atoms with E-state index >= 15 is 0 Å². The molecule has 0 heterocycles. The predicted molar refractivity (Wildman–Crippen MR) is 71.5 cm³/mol. The topological polar surface area (TPSA) is 69.6 Å². The van der Waals surface area contributed by atoms with Crippen molar-refractivity contribution in [3.05, 3.63) is 12.7 Å². The van der Waals surface area contributed by atoms with Crippen molar-refractivity contribution in [2.75, 3.05) is 13.1 Å². The van der Waals surface area contributed by atoms with Crippen LogP contribution >= 0.6 is 0 Å². The van der Waals surface area contributed by atoms with Crippen LogP contribution in [0.15, 0.2) is 12.7 Å². The average Bonchev–Trinajstić information content (AvgIpc) is 2.23. The van der Waals surface area contributed by atoms with Gasteiger partial charge < -0.3 is 15.3 Å². The second-order valence-electron chi connectivity index (χ2n) is 5.33. The SMILES string of the molecule is C=CCN(C(=O)NCCC(C)C(=O)O)C(C)(C)C. The highest BCUT2D eigenvalue weighted by atomic mass is 16.4. The number of urea groups is 1. The third-order valence-electron chi connectivity index (χ3n) is 2.64. The molecule has 0 spiro atoms. The Kier molecular flexibility index (Phi) is 6.44. The summed E-state index contributed by atoms with van der Waals surface area (Å²) in [6, 6.07) is -0.194. The molecule has 0 saturated heterocycles. The Morgan fingerprint density at radius 2 is 2.00 bits per heavy atom. The third-order valence-corrected chi connectivity index (χ3v) is 2.64. The summed E-state index contributed by atoms with van der Waals surface area (Å²) in [5.74, 6) is -1.30. The number of carbonyl (C=O) groups excluding carboxylic acids is 1. The first kappa shape index (κ1) is 16.5. The molecule has 0 fully saturated rings. The number of carbonyl (C=O) groups is 2. The summed E-state index contributed by atoms with van der Waals surface area (Å²) in [5.41, 5.74) is -0.295. The fourth-order valence-electron chi connectivity index (χ4n) is 1.41. The van der Waals surface area contributed by atoms with Crippen molar-refractivity contribution in [1.82, 2.24) is 10.2 Å². The number of nitrogens with zero attached hydrogens (tertiary/aromatic N) is 1. The number of rotatable bonds is 6. The Balaban J connectivity index is 4.28. The van der Waals surface area contributed by atoms with Crippen molar-refractivity contribution < 1.29 is 14.7 Å². The first-order valence-corrected chi connectivity index (χ1v) is 6.09. The molecule has 104 valence electrons. The van der Waals surface area contributed by atoms with E-state index in [-0.39, 0.29) is 11.6 Å². The van der Waals surface area contributed by atoms with E-state index in [1.807, 2.05) is 20.8 Å². The molecule has 2 N–H and O–H groups in total. The van der Waals surface area contributed by atoms with E-state index in [2.05, 4.69) is 11.9 Å². The normalized spacial score (nSPS) is 12.7. The average molecular weight is 256 g/mol. The van der Waals surface area contributed by atoms with E-state index < -0.39 is 11.9 Å². The van der Waals surface area contributed by atoms with E-state index in [0.29, 0.717) is 19.5 Å². The summed E-state index contributed by atoms with van der Waals surface area (Å²) in [5, 5.41) is 11.5. The van der Waals surface area contributed by atoms with Crippen molar-refractivity contribution in [3.8, 4) is 0 Å². The van der Waals surface area contributed by atoms with Gasteiger partial charge >= 0.3 is 12.0 Å². The molecule has 0 rings (SSSR count). The molecule has 5 nitrogen and oxygen atoms in total. The van der Waals surface area contributed by atoms with Gasteiger partial charge in [0.1, 0.15) is 0 Å². The van der Waals surface area contributed by atoms with Crippen molar-refractivity contribution >= 4 is 12.0 Å². The van der Waals surface area contributed by atoms with Gasteiger partial charge in [0, 0.05) is 18.6 Å². The molecule has 0 aliphatic carbocycles. The zero-order chi connectivity index (χ0) is 14.3. The molecular formula is C13H24N2O3. The van der Waals surface area contributed by atoms with E-state index in [9.17, 15) is 9.59 Å². The fourth-order valence-corrected chi connectivity index (χ4v) is 1.41. The molecule has 18 heavy (non-hydrogen) atoms. The van der Waals surface area contributed by atoms with E-state index in [4.69, 9.17) is 5.11 Å². The summed E-state index contributed by atoms with van der Waals surface area (Å²) in [6.45, 7) is 11.9. The van der Waals surface area contributed by atoms with Crippen LogP contribution in [0.4, 0.5) is 4.79 Å². The number of aliphatic carboxylic acids is 1. The first-order chi connectivity index (χ1) is 8.20. The van der Waals surface area contributed by atoms with Gasteiger partial charge in [0.05, 0.1) is 5.92 Å². The summed E-state index contributed by atoms with van der Waals surface area (Å²) in [7, 11) is 0. The number of nitrogens with one attached hydrogen (secondary N) is 1. The van der Waals surface area contributed by atoms with Gasteiger partial charge in [0.15, 0.2) is 0 Å². The lowest BCUT2D eigenvalue weighted by Crippen LogP contribution is -2.50. The Labute approximate surface area is 109 Å². The van der Waals surface area contributed by atoms with Gasteiger partial charge in [0.2, 0.25) is 0 Å². The molecule has 0 saturated carbocycles. The second-order valence-corrected chi connectivity index (χ2v) is 5.33. The predicted octanol–water partition coefficient (Wildman–Crippen LogP) is 2.09. The summed E-state index contributed by atoms with van der Waals surface area (Å²) in [6.07, 6.45) is 2.10. The Bertz CT molecular complexity index is 308. The van der Waals surface area contributed by atoms with Crippen LogP contribution in [0.3, 0.4) is 0 Å². The highest BCUT2D eigenvalue weighted by molar-refractivity contribution is 5.75. The molecule has 1 atom stereocenters. The monoisotopic (exact) mass is 256 g/mol. The minimum absolute atomic E-state index is 0.194. The minimum Gasteiger partial charge on any atom is -0.481 e. The highest BCUT2D eigenvalue weighted by Gasteiger charge is 2.25. The maximum atomic E-state index is 12.0. The number of carboxylic acid groups (broad SMARTS) is 1. The van der Waals surface area contributed by atoms with Crippen LogP contribution in [-0.2, 0) is 4.79 Å². The van der Waals surface area contributed by atoms with Crippen molar-refractivity contribution in [3.63, 3.8) is 0 Å². The van der Waals surface area contributed by atoms with Crippen LogP contribution < -0.4 is 5.32 Å². The van der Waals surface area contributed by atoms with Gasteiger partial charge in [0.25, 0.3) is 0 Å². The van der Waals surface area contributed by atoms with Crippen LogP contribution in [0.1, 0.15) is 34.1 Å². The van der Waals surface area contributed by atoms with Gasteiger partial charge in [-0.25, -0.2) is 4.79 Å². The number of amides is 2. The number of hydrogen-bond donors (Lipinski definition) is 2. The molecule has 0 aromatic carbocycles. The van der Waals surface area contributed by atoms with Gasteiger partial charge in [-0.3, -0.25) is 4.79 Å². The highest BCUT2D eigenvalue weighted by Crippen LogP contribution is 2.13. The molecule has 0 bridgehead atoms. The Morgan fingerprint density at radius 1 is 1.44 bits per heavy atom. The van der Waals surface area contributed by atoms with Crippen LogP contribution in [0.2, 0.25) is 0 Å². The molecule has 2 amide bonds. The molecule has 5 heteroatoms. The Morgan fingerprint density at radius 3 is 2.39 bits per heavy atom. The largest absolute Gasteiger partial charge is 0.481 e. The summed E-state index contributed by atoms with van der Waals surface area (Å²) >= 11 is 0. The lowest BCUT2D eigenvalue weighted by Gasteiger charge is -2.34. The van der Waals surface area contributed by atoms with Crippen LogP contribution in [-0.4, -0.2) is 40.6 Å². The van der Waals surface area contributed by atoms with Crippen LogP contribution in [0, 0.1) is 5.92 Å². The quantitative estimate of drug-likeness (QED) is 0.715. The smallest absolute Gasteiger partial charge is 0.318 e. The lowest BCUT2D eigenvalue weighted by molar-refractivity contribution is -0.141. The maximum absolute atomic E-state index is 12.0. The molecule has 0 radical (unpaired) electrons. The van der Waals surface area contributed by atoms with Gasteiger partial charge in [-0.05, 0) is 27.2 Å². The standard InChI is InChI=1S/C13H24N2O3/c1-6-9-15(13(3,4)5)12(18)14-8-7-10(2)11(16)17/h6,10H,1,7-9H2,2-5H3,(H,14,18)(H,16,17). The number of carboxylic acids is 1. The van der Waals surface area contributed by atoms with Crippen molar-refractivity contribution in [1.29, 1.82) is 0 Å². The molecule has 0 aliphatic rings. The minimum atomic E-state index is -0.844. The molecule has 0 aliphatic heterocycles. The van der Waals surface area contributed by atoms with Crippen LogP contribution in [0.5, 0.6) is 0 Å². The van der Waals surface area contributed by atoms with Gasteiger partial charge in [-0.15, -0.1) is 6.58 Å². The molecule has 1 unspecified atom stereocenters. The van der Waals surface area contributed by atoms with Gasteiger partial charge in [-0.1, -0.05) is 13.0 Å². The van der Waals surface area contributed by atoms with E-state index in [0.717, 1.165) is 0 Å². The second kappa shape index (κ2) is 7.03. The third kappa shape index (κ3) is 5.70. The molecule has 0 aromatic heterocycles. The Hall–Kier alpha value is -1.52. The van der Waals surface area contributed by atoms with Crippen molar-refractivity contribution in [2.45, 2.75) is 39.7 Å². The number of hydrogen-bond acceptors (Lipinski definition) is 2. The zero-order valence-corrected chi connectivity index (χ0v) is 11.7. The zero-order valence-electron chi connectivity index (χ0n) is 11.7. The molecule has 0 aromatic rings. The summed E-state index contributed by atoms with van der Waals surface area (Å²) < 4.78 is 0. The lowest BCUT2D eigenvalue weighted by atomic mass is 10.1. The van der Waals surface area contributed by atoms with Crippen LogP contribution in [0.25, 0.3) is 0 Å². The molecular weight excluding hydrogens is 232 g/mol. The maximum Gasteiger partial charge on any atom is 0.318 e. The van der Waals surface area contributed by atoms with E-state index in [1.165, 1.54) is 0 Å².